The number of amides is 1. The Kier molecular flexibility index (Phi) is 5.66. The van der Waals surface area contributed by atoms with E-state index in [9.17, 15) is 4.79 Å². The van der Waals surface area contributed by atoms with Crippen molar-refractivity contribution in [2.24, 2.45) is 0 Å². The Hall–Kier alpha value is -1.39. The van der Waals surface area contributed by atoms with E-state index in [1.165, 1.54) is 12.7 Å². The van der Waals surface area contributed by atoms with Crippen molar-refractivity contribution in [2.45, 2.75) is 19.4 Å². The Morgan fingerprint density at radius 3 is 2.59 bits per heavy atom. The van der Waals surface area contributed by atoms with Gasteiger partial charge in [0.15, 0.2) is 0 Å². The Labute approximate surface area is 102 Å². The summed E-state index contributed by atoms with van der Waals surface area (Å²) >= 11 is 0. The van der Waals surface area contributed by atoms with Crippen molar-refractivity contribution in [1.82, 2.24) is 5.06 Å². The molecule has 1 aromatic rings. The molecular weight excluding hydrogens is 218 g/mol. The lowest BCUT2D eigenvalue weighted by Gasteiger charge is -2.16. The van der Waals surface area contributed by atoms with Crippen molar-refractivity contribution in [3.05, 3.63) is 35.9 Å². The smallest absolute Gasteiger partial charge is 0.271 e. The minimum absolute atomic E-state index is 0.00612. The summed E-state index contributed by atoms with van der Waals surface area (Å²) in [5.41, 5.74) is 1.20. The van der Waals surface area contributed by atoms with E-state index in [0.717, 1.165) is 11.5 Å². The minimum atomic E-state index is -0.188. The average Bonchev–Trinajstić information content (AvgIpc) is 2.36. The molecule has 94 valence electrons. The molecular formula is C13H19NO3. The van der Waals surface area contributed by atoms with Crippen LogP contribution in [0.25, 0.3) is 0 Å². The molecule has 0 bridgehead atoms. The van der Waals surface area contributed by atoms with Gasteiger partial charge in [-0.2, -0.15) is 0 Å². The van der Waals surface area contributed by atoms with Crippen LogP contribution in [-0.2, 0) is 20.8 Å². The summed E-state index contributed by atoms with van der Waals surface area (Å²) in [5.74, 6) is -0.188. The van der Waals surface area contributed by atoms with E-state index in [2.05, 4.69) is 0 Å². The van der Waals surface area contributed by atoms with E-state index in [4.69, 9.17) is 9.57 Å². The summed E-state index contributed by atoms with van der Waals surface area (Å²) in [6.45, 7) is 1.99. The zero-order chi connectivity index (χ0) is 12.7. The monoisotopic (exact) mass is 237 g/mol. The quantitative estimate of drug-likeness (QED) is 0.706. The molecule has 0 saturated heterocycles. The summed E-state index contributed by atoms with van der Waals surface area (Å²) in [6.07, 6.45) is 0.803. The number of carbonyl (C=O) groups is 1. The minimum Gasteiger partial charge on any atom is -0.368 e. The maximum Gasteiger partial charge on any atom is 0.271 e. The molecule has 4 nitrogen and oxygen atoms in total. The molecule has 1 rings (SSSR count). The van der Waals surface area contributed by atoms with Crippen LogP contribution in [0.5, 0.6) is 0 Å². The first-order chi connectivity index (χ1) is 8.13. The molecule has 1 unspecified atom stereocenters. The second kappa shape index (κ2) is 7.04. The van der Waals surface area contributed by atoms with E-state index < -0.39 is 0 Å². The van der Waals surface area contributed by atoms with Crippen LogP contribution < -0.4 is 0 Å². The lowest BCUT2D eigenvalue weighted by atomic mass is 10.1. The van der Waals surface area contributed by atoms with Gasteiger partial charge in [0.05, 0.1) is 13.2 Å². The normalized spacial score (nSPS) is 12.2. The van der Waals surface area contributed by atoms with Crippen LogP contribution in [0, 0.1) is 0 Å². The van der Waals surface area contributed by atoms with E-state index in [1.54, 1.807) is 7.05 Å². The maximum atomic E-state index is 11.4. The zero-order valence-electron chi connectivity index (χ0n) is 10.6. The molecule has 1 aromatic carbocycles. The topological polar surface area (TPSA) is 38.8 Å². The van der Waals surface area contributed by atoms with Gasteiger partial charge in [-0.05, 0) is 18.9 Å². The number of nitrogens with zero attached hydrogens (tertiary/aromatic N) is 1. The highest BCUT2D eigenvalue weighted by Gasteiger charge is 2.11. The Morgan fingerprint density at radius 2 is 2.00 bits per heavy atom. The Bertz CT molecular complexity index is 340. The molecule has 1 amide bonds. The first-order valence-corrected chi connectivity index (χ1v) is 5.59. The molecule has 0 aromatic heterocycles. The molecule has 4 heteroatoms. The molecule has 0 radical (unpaired) electrons. The summed E-state index contributed by atoms with van der Waals surface area (Å²) in [6, 6.07) is 10.1. The highest BCUT2D eigenvalue weighted by molar-refractivity contribution is 5.76. The molecule has 0 aliphatic rings. The van der Waals surface area contributed by atoms with Gasteiger partial charge in [0.25, 0.3) is 5.91 Å². The van der Waals surface area contributed by atoms with Crippen LogP contribution in [0.1, 0.15) is 12.5 Å². The van der Waals surface area contributed by atoms with E-state index >= 15 is 0 Å². The van der Waals surface area contributed by atoms with Gasteiger partial charge >= 0.3 is 0 Å². The fraction of sp³-hybridized carbons (Fsp3) is 0.462. The molecule has 0 aliphatic carbocycles. The molecule has 1 atom stereocenters. The van der Waals surface area contributed by atoms with Gasteiger partial charge in [0, 0.05) is 7.05 Å². The number of benzene rings is 1. The van der Waals surface area contributed by atoms with E-state index in [1.807, 2.05) is 37.3 Å². The Balaban J connectivity index is 2.31. The van der Waals surface area contributed by atoms with Crippen molar-refractivity contribution in [2.75, 3.05) is 20.8 Å². The first-order valence-electron chi connectivity index (χ1n) is 5.59. The van der Waals surface area contributed by atoms with Crippen molar-refractivity contribution in [1.29, 1.82) is 0 Å². The van der Waals surface area contributed by atoms with Crippen molar-refractivity contribution < 1.29 is 14.4 Å². The van der Waals surface area contributed by atoms with Crippen molar-refractivity contribution >= 4 is 5.91 Å². The van der Waals surface area contributed by atoms with Crippen LogP contribution in [-0.4, -0.2) is 37.8 Å². The van der Waals surface area contributed by atoms with Gasteiger partial charge in [0.2, 0.25) is 0 Å². The number of carbonyl (C=O) groups excluding carboxylic acids is 1. The Morgan fingerprint density at radius 1 is 1.35 bits per heavy atom. The zero-order valence-corrected chi connectivity index (χ0v) is 10.6. The fourth-order valence-corrected chi connectivity index (χ4v) is 1.41. The SMILES string of the molecule is CON(C)C(=O)COC(C)Cc1ccccc1. The number of ether oxygens (including phenoxy) is 1. The van der Waals surface area contributed by atoms with Crippen LogP contribution >= 0.6 is 0 Å². The van der Waals surface area contributed by atoms with Gasteiger partial charge in [-0.15, -0.1) is 0 Å². The number of likely N-dealkylation sites (N-methyl/N-ethyl adjacent to an activating group) is 1. The summed E-state index contributed by atoms with van der Waals surface area (Å²) in [5, 5.41) is 1.16. The highest BCUT2D eigenvalue weighted by Crippen LogP contribution is 2.05. The first kappa shape index (κ1) is 13.7. The van der Waals surface area contributed by atoms with Gasteiger partial charge in [-0.1, -0.05) is 30.3 Å². The molecule has 0 saturated carbocycles. The lowest BCUT2D eigenvalue weighted by molar-refractivity contribution is -0.174. The number of rotatable bonds is 6. The average molecular weight is 237 g/mol. The number of hydroxylamine groups is 2. The largest absolute Gasteiger partial charge is 0.368 e. The molecule has 17 heavy (non-hydrogen) atoms. The number of hydrogen-bond acceptors (Lipinski definition) is 3. The number of hydrogen-bond donors (Lipinski definition) is 0. The predicted octanol–water partition coefficient (Wildman–Crippen LogP) is 1.65. The third kappa shape index (κ3) is 4.97. The predicted molar refractivity (Wildman–Crippen MR) is 65.3 cm³/mol. The molecule has 0 N–H and O–H groups in total. The molecule has 0 heterocycles. The van der Waals surface area contributed by atoms with Crippen LogP contribution in [0.4, 0.5) is 0 Å². The van der Waals surface area contributed by atoms with Crippen LogP contribution in [0.2, 0.25) is 0 Å². The highest BCUT2D eigenvalue weighted by atomic mass is 16.7. The fourth-order valence-electron chi connectivity index (χ4n) is 1.41. The van der Waals surface area contributed by atoms with Gasteiger partial charge in [0.1, 0.15) is 6.61 Å². The third-order valence-corrected chi connectivity index (χ3v) is 2.48. The summed E-state index contributed by atoms with van der Waals surface area (Å²) < 4.78 is 5.46. The van der Waals surface area contributed by atoms with Gasteiger partial charge in [-0.25, -0.2) is 5.06 Å². The summed E-state index contributed by atoms with van der Waals surface area (Å²) in [7, 11) is 3.01. The lowest BCUT2D eigenvalue weighted by Crippen LogP contribution is -2.31. The van der Waals surface area contributed by atoms with E-state index in [-0.39, 0.29) is 18.6 Å². The standard InChI is InChI=1S/C13H19NO3/c1-11(9-12-7-5-4-6-8-12)17-10-13(15)14(2)16-3/h4-8,11H,9-10H2,1-3H3. The van der Waals surface area contributed by atoms with Crippen LogP contribution in [0.15, 0.2) is 30.3 Å². The maximum absolute atomic E-state index is 11.4. The van der Waals surface area contributed by atoms with Gasteiger partial charge < -0.3 is 4.74 Å². The second-order valence-corrected chi connectivity index (χ2v) is 3.89. The van der Waals surface area contributed by atoms with Crippen LogP contribution in [0.3, 0.4) is 0 Å². The third-order valence-electron chi connectivity index (χ3n) is 2.48. The van der Waals surface area contributed by atoms with E-state index in [0.29, 0.717) is 0 Å². The molecule has 0 aliphatic heterocycles. The second-order valence-electron chi connectivity index (χ2n) is 3.89. The van der Waals surface area contributed by atoms with Crippen molar-refractivity contribution in [3.63, 3.8) is 0 Å². The van der Waals surface area contributed by atoms with Crippen molar-refractivity contribution in [3.8, 4) is 0 Å². The molecule has 0 spiro atoms. The molecule has 0 fully saturated rings. The summed E-state index contributed by atoms with van der Waals surface area (Å²) in [4.78, 5) is 16.2. The van der Waals surface area contributed by atoms with Gasteiger partial charge in [-0.3, -0.25) is 9.63 Å².